The summed E-state index contributed by atoms with van der Waals surface area (Å²) >= 11 is 0. The molecule has 0 bridgehead atoms. The first-order chi connectivity index (χ1) is 8.34. The van der Waals surface area contributed by atoms with Gasteiger partial charge in [0.1, 0.15) is 0 Å². The fourth-order valence-corrected chi connectivity index (χ4v) is 3.00. The minimum absolute atomic E-state index is 0.884. The Morgan fingerprint density at radius 2 is 1.76 bits per heavy atom. The molecule has 0 aliphatic heterocycles. The third-order valence-electron chi connectivity index (χ3n) is 4.27. The second kappa shape index (κ2) is 7.38. The Labute approximate surface area is 107 Å². The Bertz CT molecular complexity index is 195. The van der Waals surface area contributed by atoms with Gasteiger partial charge in [-0.2, -0.15) is 0 Å². The molecular formula is C15H30N2. The lowest BCUT2D eigenvalue weighted by molar-refractivity contribution is 0.230. The van der Waals surface area contributed by atoms with Crippen LogP contribution < -0.4 is 5.32 Å². The summed E-state index contributed by atoms with van der Waals surface area (Å²) in [5.41, 5.74) is 0. The summed E-state index contributed by atoms with van der Waals surface area (Å²) in [6.45, 7) is 3.88. The van der Waals surface area contributed by atoms with E-state index in [1.807, 2.05) is 0 Å². The molecule has 0 radical (unpaired) electrons. The number of nitrogens with one attached hydrogen (secondary N) is 1. The lowest BCUT2D eigenvalue weighted by Gasteiger charge is -2.26. The van der Waals surface area contributed by atoms with Gasteiger partial charge in [0, 0.05) is 12.6 Å². The van der Waals surface area contributed by atoms with Crippen molar-refractivity contribution >= 4 is 0 Å². The van der Waals surface area contributed by atoms with E-state index in [-0.39, 0.29) is 0 Å². The van der Waals surface area contributed by atoms with Crippen LogP contribution in [-0.2, 0) is 0 Å². The van der Waals surface area contributed by atoms with E-state index in [0.29, 0.717) is 0 Å². The largest absolute Gasteiger partial charge is 0.314 e. The highest BCUT2D eigenvalue weighted by atomic mass is 15.1. The maximum atomic E-state index is 3.59. The molecular weight excluding hydrogens is 208 g/mol. The normalized spacial score (nSPS) is 22.2. The van der Waals surface area contributed by atoms with Crippen molar-refractivity contribution in [1.29, 1.82) is 0 Å². The molecule has 0 saturated heterocycles. The molecule has 2 rings (SSSR count). The van der Waals surface area contributed by atoms with Gasteiger partial charge in [-0.1, -0.05) is 19.3 Å². The molecule has 17 heavy (non-hydrogen) atoms. The second-order valence-electron chi connectivity index (χ2n) is 6.20. The standard InChI is InChI=1S/C15H30N2/c1-17(13-14-7-3-2-4-8-14)12-6-5-11-16-15-9-10-15/h14-16H,2-13H2,1H3. The lowest BCUT2D eigenvalue weighted by atomic mass is 9.89. The molecule has 2 saturated carbocycles. The monoisotopic (exact) mass is 238 g/mol. The second-order valence-corrected chi connectivity index (χ2v) is 6.20. The van der Waals surface area contributed by atoms with Crippen LogP contribution in [0.3, 0.4) is 0 Å². The van der Waals surface area contributed by atoms with E-state index in [1.54, 1.807) is 0 Å². The van der Waals surface area contributed by atoms with Gasteiger partial charge in [-0.05, 0) is 64.6 Å². The fraction of sp³-hybridized carbons (Fsp3) is 1.00. The minimum Gasteiger partial charge on any atom is -0.314 e. The smallest absolute Gasteiger partial charge is 0.00682 e. The molecule has 2 aliphatic carbocycles. The van der Waals surface area contributed by atoms with Crippen molar-refractivity contribution in [2.45, 2.75) is 63.8 Å². The van der Waals surface area contributed by atoms with Gasteiger partial charge in [0.15, 0.2) is 0 Å². The average Bonchev–Trinajstić information content (AvgIpc) is 3.14. The molecule has 0 amide bonds. The third-order valence-corrected chi connectivity index (χ3v) is 4.27. The molecule has 0 atom stereocenters. The maximum absolute atomic E-state index is 3.59. The van der Waals surface area contributed by atoms with Crippen molar-refractivity contribution in [2.24, 2.45) is 5.92 Å². The van der Waals surface area contributed by atoms with Crippen LogP contribution in [-0.4, -0.2) is 37.6 Å². The van der Waals surface area contributed by atoms with Crippen molar-refractivity contribution in [2.75, 3.05) is 26.7 Å². The van der Waals surface area contributed by atoms with E-state index < -0.39 is 0 Å². The van der Waals surface area contributed by atoms with Crippen LogP contribution in [0.25, 0.3) is 0 Å². The number of rotatable bonds is 8. The van der Waals surface area contributed by atoms with Crippen LogP contribution in [0.2, 0.25) is 0 Å². The van der Waals surface area contributed by atoms with E-state index >= 15 is 0 Å². The molecule has 0 spiro atoms. The van der Waals surface area contributed by atoms with E-state index in [9.17, 15) is 0 Å². The number of unbranched alkanes of at least 4 members (excludes halogenated alkanes) is 1. The van der Waals surface area contributed by atoms with Gasteiger partial charge in [0.2, 0.25) is 0 Å². The molecule has 2 fully saturated rings. The highest BCUT2D eigenvalue weighted by Gasteiger charge is 2.19. The first-order valence-corrected chi connectivity index (χ1v) is 7.76. The first kappa shape index (κ1) is 13.4. The summed E-state index contributed by atoms with van der Waals surface area (Å²) in [7, 11) is 2.31. The van der Waals surface area contributed by atoms with Crippen LogP contribution in [0.1, 0.15) is 57.8 Å². The minimum atomic E-state index is 0.884. The van der Waals surface area contributed by atoms with E-state index in [4.69, 9.17) is 0 Å². The Hall–Kier alpha value is -0.0800. The topological polar surface area (TPSA) is 15.3 Å². The molecule has 2 aliphatic rings. The lowest BCUT2D eigenvalue weighted by Crippen LogP contribution is -2.28. The van der Waals surface area contributed by atoms with E-state index in [1.165, 1.54) is 77.4 Å². The van der Waals surface area contributed by atoms with Crippen LogP contribution in [0.15, 0.2) is 0 Å². The number of hydrogen-bond donors (Lipinski definition) is 1. The summed E-state index contributed by atoms with van der Waals surface area (Å²) in [5, 5.41) is 3.59. The SMILES string of the molecule is CN(CCCCNC1CC1)CC1CCCCC1. The van der Waals surface area contributed by atoms with Gasteiger partial charge in [-0.25, -0.2) is 0 Å². The molecule has 0 aromatic heterocycles. The Balaban J connectivity index is 1.43. The Morgan fingerprint density at radius 3 is 2.47 bits per heavy atom. The fourth-order valence-electron chi connectivity index (χ4n) is 3.00. The van der Waals surface area contributed by atoms with Crippen molar-refractivity contribution < 1.29 is 0 Å². The first-order valence-electron chi connectivity index (χ1n) is 7.76. The number of nitrogens with zero attached hydrogens (tertiary/aromatic N) is 1. The zero-order valence-electron chi connectivity index (χ0n) is 11.6. The zero-order chi connectivity index (χ0) is 11.9. The van der Waals surface area contributed by atoms with Crippen molar-refractivity contribution in [3.63, 3.8) is 0 Å². The highest BCUT2D eigenvalue weighted by molar-refractivity contribution is 4.80. The van der Waals surface area contributed by atoms with Crippen LogP contribution in [0.5, 0.6) is 0 Å². The predicted molar refractivity (Wildman–Crippen MR) is 74.3 cm³/mol. The van der Waals surface area contributed by atoms with Crippen molar-refractivity contribution in [3.05, 3.63) is 0 Å². The molecule has 100 valence electrons. The van der Waals surface area contributed by atoms with Crippen LogP contribution in [0, 0.1) is 5.92 Å². The van der Waals surface area contributed by atoms with Gasteiger partial charge < -0.3 is 10.2 Å². The average molecular weight is 238 g/mol. The summed E-state index contributed by atoms with van der Waals surface area (Å²) in [6, 6.07) is 0.884. The zero-order valence-corrected chi connectivity index (χ0v) is 11.6. The van der Waals surface area contributed by atoms with Crippen molar-refractivity contribution in [3.8, 4) is 0 Å². The quantitative estimate of drug-likeness (QED) is 0.654. The van der Waals surface area contributed by atoms with Gasteiger partial charge in [0.25, 0.3) is 0 Å². The highest BCUT2D eigenvalue weighted by Crippen LogP contribution is 2.24. The van der Waals surface area contributed by atoms with E-state index in [2.05, 4.69) is 17.3 Å². The predicted octanol–water partition coefficient (Wildman–Crippen LogP) is 3.03. The van der Waals surface area contributed by atoms with Gasteiger partial charge in [-0.15, -0.1) is 0 Å². The van der Waals surface area contributed by atoms with Gasteiger partial charge in [-0.3, -0.25) is 0 Å². The summed E-state index contributed by atoms with van der Waals surface area (Å²) in [5.74, 6) is 0.998. The summed E-state index contributed by atoms with van der Waals surface area (Å²) < 4.78 is 0. The molecule has 0 aromatic rings. The van der Waals surface area contributed by atoms with Crippen LogP contribution in [0.4, 0.5) is 0 Å². The molecule has 0 aromatic carbocycles. The van der Waals surface area contributed by atoms with Crippen LogP contribution >= 0.6 is 0 Å². The third kappa shape index (κ3) is 5.87. The number of hydrogen-bond acceptors (Lipinski definition) is 2. The molecule has 2 heteroatoms. The van der Waals surface area contributed by atoms with Gasteiger partial charge >= 0.3 is 0 Å². The maximum Gasteiger partial charge on any atom is 0.00682 e. The van der Waals surface area contributed by atoms with Crippen molar-refractivity contribution in [1.82, 2.24) is 10.2 Å². The Morgan fingerprint density at radius 1 is 1.00 bits per heavy atom. The Kier molecular flexibility index (Phi) is 5.79. The molecule has 0 heterocycles. The molecule has 1 N–H and O–H groups in total. The molecule has 2 nitrogen and oxygen atoms in total. The molecule has 0 unspecified atom stereocenters. The van der Waals surface area contributed by atoms with Gasteiger partial charge in [0.05, 0.1) is 0 Å². The summed E-state index contributed by atoms with van der Waals surface area (Å²) in [6.07, 6.45) is 12.9. The summed E-state index contributed by atoms with van der Waals surface area (Å²) in [4.78, 5) is 2.56. The van der Waals surface area contributed by atoms with E-state index in [0.717, 1.165) is 12.0 Å².